The minimum absolute atomic E-state index is 0.00564. The van der Waals surface area contributed by atoms with Crippen LogP contribution in [0.1, 0.15) is 181 Å². The third kappa shape index (κ3) is 39.4. The summed E-state index contributed by atoms with van der Waals surface area (Å²) >= 11 is 0. The van der Waals surface area contributed by atoms with Crippen molar-refractivity contribution in [2.24, 2.45) is 0 Å². The van der Waals surface area contributed by atoms with Crippen LogP contribution in [0.3, 0.4) is 0 Å². The summed E-state index contributed by atoms with van der Waals surface area (Å²) in [7, 11) is -5.08. The number of carbonyl (C=O) groups excluding carboxylic acids is 1. The van der Waals surface area contributed by atoms with E-state index in [0.717, 1.165) is 77.0 Å². The Balaban J connectivity index is 2.40. The van der Waals surface area contributed by atoms with Gasteiger partial charge in [0.25, 0.3) is 0 Å². The van der Waals surface area contributed by atoms with Crippen LogP contribution in [0.25, 0.3) is 0 Å². The highest BCUT2D eigenvalue weighted by Crippen LogP contribution is 2.26. The number of aliphatic hydroxyl groups is 3. The SMILES string of the molecule is CC/C=C\C/C=C\C/C=C\C/C=C\C/C=C\C/C=C\CCC(=O)OC(COCCCCCCCCCCC/C=C\C/C=C\C/C=C\CCCCCCC)COC1OC(CO)C(O)C(OS(=O)(=O)O)C1O. The summed E-state index contributed by atoms with van der Waals surface area (Å²) < 4.78 is 59.2. The van der Waals surface area contributed by atoms with Crippen molar-refractivity contribution in [3.05, 3.63) is 109 Å². The van der Waals surface area contributed by atoms with Crippen LogP contribution in [-0.2, 0) is 38.3 Å². The molecule has 0 saturated carbocycles. The third-order valence-electron chi connectivity index (χ3n) is 11.4. The number of aliphatic hydroxyl groups excluding tert-OH is 3. The maximum absolute atomic E-state index is 12.9. The number of carbonyl (C=O) groups is 1. The molecule has 1 saturated heterocycles. The number of hydrogen-bond acceptors (Lipinski definition) is 11. The van der Waals surface area contributed by atoms with Crippen molar-refractivity contribution in [3.8, 4) is 0 Å². The largest absolute Gasteiger partial charge is 0.457 e. The van der Waals surface area contributed by atoms with Crippen molar-refractivity contribution in [2.75, 3.05) is 26.4 Å². The molecule has 1 heterocycles. The van der Waals surface area contributed by atoms with Crippen molar-refractivity contribution in [1.82, 2.24) is 0 Å². The van der Waals surface area contributed by atoms with Crippen molar-refractivity contribution >= 4 is 16.4 Å². The number of unbranched alkanes of at least 4 members (excludes halogenated alkanes) is 14. The highest BCUT2D eigenvalue weighted by Gasteiger charge is 2.48. The van der Waals surface area contributed by atoms with Crippen molar-refractivity contribution in [2.45, 2.75) is 218 Å². The summed E-state index contributed by atoms with van der Waals surface area (Å²) in [6.45, 7) is 3.75. The zero-order chi connectivity index (χ0) is 51.0. The van der Waals surface area contributed by atoms with E-state index in [2.05, 4.69) is 115 Å². The Bertz CT molecular complexity index is 1630. The van der Waals surface area contributed by atoms with Gasteiger partial charge in [0, 0.05) is 13.0 Å². The van der Waals surface area contributed by atoms with Crippen LogP contribution in [0.15, 0.2) is 109 Å². The molecule has 0 radical (unpaired) electrons. The molecule has 0 aromatic heterocycles. The van der Waals surface area contributed by atoms with Crippen LogP contribution in [0.5, 0.6) is 0 Å². The predicted octanol–water partition coefficient (Wildman–Crippen LogP) is 12.7. The highest BCUT2D eigenvalue weighted by atomic mass is 32.3. The zero-order valence-corrected chi connectivity index (χ0v) is 43.8. The predicted molar refractivity (Wildman–Crippen MR) is 284 cm³/mol. The van der Waals surface area contributed by atoms with Gasteiger partial charge in [0.05, 0.1) is 19.8 Å². The molecular formula is C57H94O12S. The Morgan fingerprint density at radius 2 is 0.986 bits per heavy atom. The average Bonchev–Trinajstić information content (AvgIpc) is 3.34. The fourth-order valence-electron chi connectivity index (χ4n) is 7.41. The molecule has 0 amide bonds. The maximum atomic E-state index is 12.9. The molecule has 4 N–H and O–H groups in total. The Hall–Kier alpha value is -3.24. The number of esters is 1. The molecule has 400 valence electrons. The normalized spacial score (nSPS) is 20.0. The molecule has 1 aliphatic heterocycles. The lowest BCUT2D eigenvalue weighted by molar-refractivity contribution is -0.301. The van der Waals surface area contributed by atoms with E-state index < -0.39 is 59.8 Å². The monoisotopic (exact) mass is 1000 g/mol. The summed E-state index contributed by atoms with van der Waals surface area (Å²) in [5.41, 5.74) is 0. The van der Waals surface area contributed by atoms with Gasteiger partial charge in [-0.3, -0.25) is 9.35 Å². The first-order chi connectivity index (χ1) is 34.1. The van der Waals surface area contributed by atoms with Gasteiger partial charge in [-0.2, -0.15) is 8.42 Å². The third-order valence-corrected chi connectivity index (χ3v) is 11.9. The Morgan fingerprint density at radius 1 is 0.557 bits per heavy atom. The number of allylic oxidation sites excluding steroid dienone is 18. The lowest BCUT2D eigenvalue weighted by Crippen LogP contribution is -2.60. The van der Waals surface area contributed by atoms with Gasteiger partial charge in [0.2, 0.25) is 0 Å². The molecule has 1 aliphatic rings. The van der Waals surface area contributed by atoms with Gasteiger partial charge >= 0.3 is 16.4 Å². The second-order valence-electron chi connectivity index (χ2n) is 17.7. The standard InChI is InChI=1S/C57H94O12S/c1-3-5-7-9-11-13-15-17-19-21-23-24-25-26-27-29-31-33-35-37-39-41-43-45-47-65-49-51(50-66-57-55(61)56(69-70(62,63)64)54(60)52(48-58)68-57)67-53(59)46-44-42-40-38-36-34-32-30-28-22-20-18-16-14-12-10-8-6-4-2/h6,8,12,14-15,17-18,20-21,23,25-26,28,30,34,36,40,42,51-52,54-58,60-61H,3-5,7,9-11,13,16,19,22,24,27,29,31-33,35,37-39,41,43-50H2,1-2H3,(H,62,63,64)/b8-6-,14-12-,17-15-,20-18-,23-21-,26-25-,30-28-,36-34-,42-40-. The molecule has 13 heteroatoms. The van der Waals surface area contributed by atoms with E-state index in [1.165, 1.54) is 77.0 Å². The van der Waals surface area contributed by atoms with E-state index in [1.54, 1.807) is 0 Å². The summed E-state index contributed by atoms with van der Waals surface area (Å²) in [6.07, 6.45) is 57.1. The molecule has 12 nitrogen and oxygen atoms in total. The van der Waals surface area contributed by atoms with Gasteiger partial charge in [0.15, 0.2) is 6.29 Å². The van der Waals surface area contributed by atoms with Crippen molar-refractivity contribution in [1.29, 1.82) is 0 Å². The number of hydrogen-bond donors (Lipinski definition) is 4. The fraction of sp³-hybridized carbons (Fsp3) is 0.667. The van der Waals surface area contributed by atoms with Gasteiger partial charge in [-0.05, 0) is 89.9 Å². The highest BCUT2D eigenvalue weighted by molar-refractivity contribution is 7.80. The number of ether oxygens (including phenoxy) is 4. The quantitative estimate of drug-likeness (QED) is 0.0197. The molecule has 6 unspecified atom stereocenters. The van der Waals surface area contributed by atoms with Gasteiger partial charge in [-0.15, -0.1) is 0 Å². The fourth-order valence-corrected chi connectivity index (χ4v) is 7.92. The molecule has 1 rings (SSSR count). The van der Waals surface area contributed by atoms with Crippen LogP contribution < -0.4 is 0 Å². The number of rotatable bonds is 45. The van der Waals surface area contributed by atoms with Gasteiger partial charge < -0.3 is 34.3 Å². The van der Waals surface area contributed by atoms with Gasteiger partial charge in [-0.1, -0.05) is 194 Å². The second kappa shape index (κ2) is 46.8. The minimum Gasteiger partial charge on any atom is -0.457 e. The molecule has 0 aliphatic carbocycles. The summed E-state index contributed by atoms with van der Waals surface area (Å²) in [4.78, 5) is 12.9. The van der Waals surface area contributed by atoms with Crippen molar-refractivity contribution < 1.29 is 56.2 Å². The van der Waals surface area contributed by atoms with Crippen molar-refractivity contribution in [3.63, 3.8) is 0 Å². The van der Waals surface area contributed by atoms with E-state index in [1.807, 2.05) is 12.2 Å². The summed E-state index contributed by atoms with van der Waals surface area (Å²) in [6, 6.07) is 0. The zero-order valence-electron chi connectivity index (χ0n) is 43.0. The Labute approximate surface area is 424 Å². The Kier molecular flexibility index (Phi) is 43.3. The molecular weight excluding hydrogens is 909 g/mol. The van der Waals surface area contributed by atoms with Gasteiger partial charge in [-0.25, -0.2) is 4.18 Å². The van der Waals surface area contributed by atoms with E-state index in [-0.39, 0.29) is 19.6 Å². The van der Waals surface area contributed by atoms with Crippen LogP contribution in [0.2, 0.25) is 0 Å². The van der Waals surface area contributed by atoms with Crippen LogP contribution in [0, 0.1) is 0 Å². The van der Waals surface area contributed by atoms with E-state index >= 15 is 0 Å². The summed E-state index contributed by atoms with van der Waals surface area (Å²) in [5.74, 6) is -0.486. The molecule has 70 heavy (non-hydrogen) atoms. The molecule has 0 aromatic carbocycles. The smallest absolute Gasteiger partial charge is 0.397 e. The first-order valence-electron chi connectivity index (χ1n) is 26.6. The first kappa shape index (κ1) is 64.8. The van der Waals surface area contributed by atoms with E-state index in [9.17, 15) is 33.1 Å². The molecule has 0 aromatic rings. The summed E-state index contributed by atoms with van der Waals surface area (Å²) in [5, 5.41) is 30.8. The molecule has 0 spiro atoms. The second-order valence-corrected chi connectivity index (χ2v) is 18.8. The molecule has 6 atom stereocenters. The average molecular weight is 1000 g/mol. The van der Waals surface area contributed by atoms with Gasteiger partial charge in [0.1, 0.15) is 30.5 Å². The minimum atomic E-state index is -5.08. The molecule has 1 fully saturated rings. The van der Waals surface area contributed by atoms with Crippen LogP contribution >= 0.6 is 0 Å². The Morgan fingerprint density at radius 3 is 1.44 bits per heavy atom. The van der Waals surface area contributed by atoms with E-state index in [0.29, 0.717) is 13.0 Å². The van der Waals surface area contributed by atoms with E-state index in [4.69, 9.17) is 18.9 Å². The topological polar surface area (TPSA) is 178 Å². The van der Waals surface area contributed by atoms with Crippen LogP contribution in [-0.4, -0.2) is 97.5 Å². The lowest BCUT2D eigenvalue weighted by atomic mass is 9.99. The van der Waals surface area contributed by atoms with Crippen LogP contribution in [0.4, 0.5) is 0 Å². The first-order valence-corrected chi connectivity index (χ1v) is 28.0. The lowest BCUT2D eigenvalue weighted by Gasteiger charge is -2.41. The molecule has 0 bridgehead atoms. The maximum Gasteiger partial charge on any atom is 0.397 e.